The summed E-state index contributed by atoms with van der Waals surface area (Å²) in [4.78, 5) is 22.0. The number of nitrogens with zero attached hydrogens (tertiary/aromatic N) is 4. The van der Waals surface area contributed by atoms with E-state index < -0.39 is 4.92 Å². The number of nitro groups is 1. The monoisotopic (exact) mass is 307 g/mol. The maximum absolute atomic E-state index is 11.2. The van der Waals surface area contributed by atoms with Crippen LogP contribution in [-0.2, 0) is 6.54 Å². The van der Waals surface area contributed by atoms with Crippen LogP contribution in [0.4, 0.5) is 17.5 Å². The topological polar surface area (TPSA) is 84.2 Å². The van der Waals surface area contributed by atoms with E-state index in [9.17, 15) is 10.1 Å². The summed E-state index contributed by atoms with van der Waals surface area (Å²) in [5.74, 6) is 0.704. The third-order valence-electron chi connectivity index (χ3n) is 2.97. The summed E-state index contributed by atoms with van der Waals surface area (Å²) < 4.78 is 0. The lowest BCUT2D eigenvalue weighted by Crippen LogP contribution is -2.31. The molecule has 0 saturated heterocycles. The Morgan fingerprint density at radius 2 is 2.29 bits per heavy atom. The van der Waals surface area contributed by atoms with E-state index in [1.54, 1.807) is 18.4 Å². The summed E-state index contributed by atoms with van der Waals surface area (Å²) in [5.41, 5.74) is -0.0840. The highest BCUT2D eigenvalue weighted by atomic mass is 32.1. The van der Waals surface area contributed by atoms with Crippen molar-refractivity contribution in [2.24, 2.45) is 0 Å². The predicted octanol–water partition coefficient (Wildman–Crippen LogP) is 2.90. The van der Waals surface area contributed by atoms with Gasteiger partial charge in [0.15, 0.2) is 0 Å². The van der Waals surface area contributed by atoms with Crippen LogP contribution < -0.4 is 10.2 Å². The average Bonchev–Trinajstić information content (AvgIpc) is 2.96. The van der Waals surface area contributed by atoms with E-state index in [-0.39, 0.29) is 11.7 Å². The number of anilines is 2. The van der Waals surface area contributed by atoms with E-state index in [0.29, 0.717) is 18.3 Å². The fraction of sp³-hybridized carbons (Fsp3) is 0.385. The molecule has 2 heterocycles. The number of rotatable bonds is 6. The molecule has 0 aromatic carbocycles. The fourth-order valence-corrected chi connectivity index (χ4v) is 2.60. The van der Waals surface area contributed by atoms with Crippen molar-refractivity contribution in [1.82, 2.24) is 9.97 Å². The summed E-state index contributed by atoms with van der Waals surface area (Å²) in [7, 11) is 1.68. The van der Waals surface area contributed by atoms with Gasteiger partial charge in [0.1, 0.15) is 6.20 Å². The second-order valence-electron chi connectivity index (χ2n) is 4.71. The van der Waals surface area contributed by atoms with Crippen molar-refractivity contribution in [2.45, 2.75) is 26.4 Å². The van der Waals surface area contributed by atoms with Crippen LogP contribution >= 0.6 is 11.3 Å². The number of thiophene rings is 1. The second kappa shape index (κ2) is 6.49. The molecule has 1 N–H and O–H groups in total. The summed E-state index contributed by atoms with van der Waals surface area (Å²) in [5, 5.41) is 16.0. The number of hydrogen-bond donors (Lipinski definition) is 1. The average molecular weight is 307 g/mol. The lowest BCUT2D eigenvalue weighted by atomic mass is 10.2. The summed E-state index contributed by atoms with van der Waals surface area (Å²) in [6.07, 6.45) is 1.25. The molecule has 2 rings (SSSR count). The number of aromatic nitrogens is 2. The second-order valence-corrected chi connectivity index (χ2v) is 5.74. The van der Waals surface area contributed by atoms with Gasteiger partial charge in [-0.15, -0.1) is 11.3 Å². The Kier molecular flexibility index (Phi) is 4.69. The molecule has 0 saturated carbocycles. The van der Waals surface area contributed by atoms with E-state index in [4.69, 9.17) is 0 Å². The molecule has 7 nitrogen and oxygen atoms in total. The van der Waals surface area contributed by atoms with Crippen molar-refractivity contribution in [2.75, 3.05) is 17.3 Å². The number of nitrogens with one attached hydrogen (secondary N) is 1. The smallest absolute Gasteiger partial charge is 0.329 e. The van der Waals surface area contributed by atoms with Gasteiger partial charge in [0.2, 0.25) is 11.8 Å². The molecule has 0 fully saturated rings. The van der Waals surface area contributed by atoms with Crippen LogP contribution in [0.15, 0.2) is 23.7 Å². The first-order valence-corrected chi connectivity index (χ1v) is 7.39. The van der Waals surface area contributed by atoms with Gasteiger partial charge in [-0.2, -0.15) is 4.98 Å². The lowest BCUT2D eigenvalue weighted by molar-refractivity contribution is -0.384. The molecule has 2 aromatic heterocycles. The van der Waals surface area contributed by atoms with Crippen LogP contribution in [0.2, 0.25) is 0 Å². The van der Waals surface area contributed by atoms with Crippen LogP contribution in [-0.4, -0.2) is 28.0 Å². The van der Waals surface area contributed by atoms with Crippen molar-refractivity contribution in [3.8, 4) is 0 Å². The van der Waals surface area contributed by atoms with Gasteiger partial charge in [-0.3, -0.25) is 10.1 Å². The molecule has 0 spiro atoms. The van der Waals surface area contributed by atoms with Gasteiger partial charge in [-0.25, -0.2) is 4.98 Å². The van der Waals surface area contributed by atoms with Gasteiger partial charge in [0.25, 0.3) is 0 Å². The zero-order chi connectivity index (χ0) is 15.4. The first-order valence-electron chi connectivity index (χ1n) is 6.51. The van der Waals surface area contributed by atoms with Crippen molar-refractivity contribution in [3.05, 3.63) is 38.7 Å². The molecule has 0 unspecified atom stereocenters. The van der Waals surface area contributed by atoms with Crippen molar-refractivity contribution in [3.63, 3.8) is 0 Å². The van der Waals surface area contributed by atoms with Gasteiger partial charge >= 0.3 is 5.69 Å². The molecule has 0 bridgehead atoms. The van der Waals surface area contributed by atoms with Crippen LogP contribution in [0.3, 0.4) is 0 Å². The maximum atomic E-state index is 11.2. The third kappa shape index (κ3) is 3.46. The minimum atomic E-state index is -0.446. The lowest BCUT2D eigenvalue weighted by Gasteiger charge is -2.27. The molecule has 0 atom stereocenters. The van der Waals surface area contributed by atoms with Crippen LogP contribution in [0.5, 0.6) is 0 Å². The normalized spacial score (nSPS) is 10.7. The maximum Gasteiger partial charge on any atom is 0.329 e. The highest BCUT2D eigenvalue weighted by Crippen LogP contribution is 2.29. The summed E-state index contributed by atoms with van der Waals surface area (Å²) in [6, 6.07) is 4.04. The molecule has 112 valence electrons. The molecular formula is C13H17N5O2S. The molecule has 0 amide bonds. The zero-order valence-electron chi connectivity index (χ0n) is 12.1. The first kappa shape index (κ1) is 15.2. The van der Waals surface area contributed by atoms with E-state index in [1.807, 2.05) is 36.3 Å². The zero-order valence-corrected chi connectivity index (χ0v) is 12.9. The van der Waals surface area contributed by atoms with Crippen molar-refractivity contribution in [1.29, 1.82) is 0 Å². The van der Waals surface area contributed by atoms with Gasteiger partial charge in [0.05, 0.1) is 11.5 Å². The molecular weight excluding hydrogens is 290 g/mol. The Labute approximate surface area is 126 Å². The van der Waals surface area contributed by atoms with Crippen LogP contribution in [0.1, 0.15) is 18.7 Å². The minimum absolute atomic E-state index is 0.0745. The fourth-order valence-electron chi connectivity index (χ4n) is 1.90. The van der Waals surface area contributed by atoms with Crippen LogP contribution in [0, 0.1) is 10.1 Å². The van der Waals surface area contributed by atoms with Gasteiger partial charge in [-0.05, 0) is 25.3 Å². The van der Waals surface area contributed by atoms with Crippen molar-refractivity contribution >= 4 is 28.8 Å². The quantitative estimate of drug-likeness (QED) is 0.652. The molecule has 8 heteroatoms. The van der Waals surface area contributed by atoms with E-state index in [2.05, 4.69) is 15.3 Å². The minimum Gasteiger partial charge on any atom is -0.357 e. The highest BCUT2D eigenvalue weighted by molar-refractivity contribution is 7.09. The Balaban J connectivity index is 2.45. The SMILES string of the molecule is CNc1ncc([N+](=O)[O-])c(N(Cc2cccs2)C(C)C)n1. The summed E-state index contributed by atoms with van der Waals surface area (Å²) in [6.45, 7) is 4.55. The predicted molar refractivity (Wildman–Crippen MR) is 83.9 cm³/mol. The Hall–Kier alpha value is -2.22. The number of hydrogen-bond acceptors (Lipinski definition) is 7. The summed E-state index contributed by atoms with van der Waals surface area (Å²) >= 11 is 1.62. The van der Waals surface area contributed by atoms with Crippen molar-refractivity contribution < 1.29 is 4.92 Å². The van der Waals surface area contributed by atoms with Gasteiger partial charge in [0, 0.05) is 18.0 Å². The van der Waals surface area contributed by atoms with Gasteiger partial charge in [-0.1, -0.05) is 6.07 Å². The van der Waals surface area contributed by atoms with E-state index >= 15 is 0 Å². The Morgan fingerprint density at radius 3 is 2.81 bits per heavy atom. The Morgan fingerprint density at radius 1 is 1.52 bits per heavy atom. The molecule has 0 aliphatic carbocycles. The highest BCUT2D eigenvalue weighted by Gasteiger charge is 2.25. The Bertz CT molecular complexity index is 615. The first-order chi connectivity index (χ1) is 10.0. The molecule has 0 aliphatic rings. The third-order valence-corrected chi connectivity index (χ3v) is 3.83. The molecule has 21 heavy (non-hydrogen) atoms. The van der Waals surface area contributed by atoms with Crippen LogP contribution in [0.25, 0.3) is 0 Å². The largest absolute Gasteiger partial charge is 0.357 e. The molecule has 0 radical (unpaired) electrons. The van der Waals surface area contributed by atoms with Gasteiger partial charge < -0.3 is 10.2 Å². The molecule has 0 aliphatic heterocycles. The molecule has 2 aromatic rings. The standard InChI is InChI=1S/C13H17N5O2S/c1-9(2)17(8-10-5-4-6-21-10)12-11(18(19)20)7-15-13(14-3)16-12/h4-7,9H,8H2,1-3H3,(H,14,15,16). The van der Waals surface area contributed by atoms with E-state index in [1.165, 1.54) is 6.20 Å². The van der Waals surface area contributed by atoms with E-state index in [0.717, 1.165) is 4.88 Å².